The third-order valence-electron chi connectivity index (χ3n) is 4.26. The fourth-order valence-electron chi connectivity index (χ4n) is 3.17. The van der Waals surface area contributed by atoms with Crippen molar-refractivity contribution < 1.29 is 9.90 Å². The van der Waals surface area contributed by atoms with Gasteiger partial charge in [0.05, 0.1) is 5.92 Å². The lowest BCUT2D eigenvalue weighted by atomic mass is 9.73. The van der Waals surface area contributed by atoms with Crippen molar-refractivity contribution in [1.29, 1.82) is 0 Å². The largest absolute Gasteiger partial charge is 0.481 e. The molecule has 2 N–H and O–H groups in total. The second kappa shape index (κ2) is 2.72. The van der Waals surface area contributed by atoms with E-state index in [1.165, 1.54) is 6.42 Å². The van der Waals surface area contributed by atoms with Crippen molar-refractivity contribution in [2.24, 2.45) is 22.7 Å². The number of rotatable bonds is 2. The van der Waals surface area contributed by atoms with E-state index in [9.17, 15) is 4.79 Å². The summed E-state index contributed by atoms with van der Waals surface area (Å²) < 4.78 is 0. The predicted octanol–water partition coefficient (Wildman–Crippen LogP) is 1.34. The van der Waals surface area contributed by atoms with Gasteiger partial charge in [-0.25, -0.2) is 0 Å². The van der Waals surface area contributed by atoms with Crippen LogP contribution in [0.4, 0.5) is 0 Å². The first kappa shape index (κ1) is 9.97. The zero-order valence-electron chi connectivity index (χ0n) is 9.13. The van der Waals surface area contributed by atoms with Crippen molar-refractivity contribution in [3.63, 3.8) is 0 Å². The van der Waals surface area contributed by atoms with Crippen LogP contribution >= 0.6 is 0 Å². The number of hydrogen-bond acceptors (Lipinski definition) is 2. The zero-order chi connectivity index (χ0) is 10.6. The van der Waals surface area contributed by atoms with Crippen molar-refractivity contribution in [2.45, 2.75) is 27.2 Å². The SMILES string of the molecule is CC1(C)CC1C1(C)CNCC1C(=O)O. The molecule has 2 aliphatic rings. The van der Waals surface area contributed by atoms with E-state index in [0.717, 1.165) is 6.54 Å². The zero-order valence-corrected chi connectivity index (χ0v) is 9.13. The van der Waals surface area contributed by atoms with E-state index in [2.05, 4.69) is 26.1 Å². The second-order valence-corrected chi connectivity index (χ2v) is 5.77. The number of aliphatic carboxylic acids is 1. The maximum atomic E-state index is 11.1. The molecule has 80 valence electrons. The summed E-state index contributed by atoms with van der Waals surface area (Å²) in [6, 6.07) is 0. The van der Waals surface area contributed by atoms with E-state index < -0.39 is 5.97 Å². The van der Waals surface area contributed by atoms with Crippen molar-refractivity contribution in [3.05, 3.63) is 0 Å². The number of carbonyl (C=O) groups is 1. The summed E-state index contributed by atoms with van der Waals surface area (Å²) in [5.74, 6) is -0.263. The summed E-state index contributed by atoms with van der Waals surface area (Å²) in [7, 11) is 0. The number of nitrogens with one attached hydrogen (secondary N) is 1. The van der Waals surface area contributed by atoms with Gasteiger partial charge in [0.15, 0.2) is 0 Å². The average Bonchev–Trinajstić information content (AvgIpc) is 2.56. The van der Waals surface area contributed by atoms with Gasteiger partial charge in [-0.3, -0.25) is 4.79 Å². The van der Waals surface area contributed by atoms with E-state index >= 15 is 0 Å². The number of hydrogen-bond donors (Lipinski definition) is 2. The van der Waals surface area contributed by atoms with Crippen LogP contribution in [0.3, 0.4) is 0 Å². The highest BCUT2D eigenvalue weighted by Crippen LogP contribution is 2.63. The highest BCUT2D eigenvalue weighted by molar-refractivity contribution is 5.72. The smallest absolute Gasteiger partial charge is 0.308 e. The summed E-state index contributed by atoms with van der Waals surface area (Å²) >= 11 is 0. The monoisotopic (exact) mass is 197 g/mol. The molecule has 2 rings (SSSR count). The van der Waals surface area contributed by atoms with Gasteiger partial charge in [-0.05, 0) is 23.2 Å². The lowest BCUT2D eigenvalue weighted by molar-refractivity contribution is -0.145. The Hall–Kier alpha value is -0.570. The molecule has 3 atom stereocenters. The minimum Gasteiger partial charge on any atom is -0.481 e. The molecule has 3 unspecified atom stereocenters. The molecule has 0 aromatic heterocycles. The molecule has 0 radical (unpaired) electrons. The molecule has 1 saturated heterocycles. The van der Waals surface area contributed by atoms with Crippen LogP contribution in [0.5, 0.6) is 0 Å². The Balaban J connectivity index is 2.19. The standard InChI is InChI=1S/C11H19NO2/c1-10(2)4-8(10)11(3)6-12-5-7(11)9(13)14/h7-8,12H,4-6H2,1-3H3,(H,13,14). The summed E-state index contributed by atoms with van der Waals surface area (Å²) in [6.07, 6.45) is 1.18. The molecular formula is C11H19NO2. The number of carboxylic acids is 1. The van der Waals surface area contributed by atoms with Crippen molar-refractivity contribution in [2.75, 3.05) is 13.1 Å². The first-order valence-corrected chi connectivity index (χ1v) is 5.31. The van der Waals surface area contributed by atoms with Crippen molar-refractivity contribution in [1.82, 2.24) is 5.32 Å². The Kier molecular flexibility index (Phi) is 1.94. The first-order valence-electron chi connectivity index (χ1n) is 5.31. The third-order valence-corrected chi connectivity index (χ3v) is 4.26. The third kappa shape index (κ3) is 1.26. The van der Waals surface area contributed by atoms with Gasteiger partial charge in [0.2, 0.25) is 0 Å². The van der Waals surface area contributed by atoms with Crippen molar-refractivity contribution >= 4 is 5.97 Å². The van der Waals surface area contributed by atoms with Gasteiger partial charge in [0.25, 0.3) is 0 Å². The van der Waals surface area contributed by atoms with Gasteiger partial charge in [-0.1, -0.05) is 20.8 Å². The molecule has 0 spiro atoms. The molecule has 0 bridgehead atoms. The fraction of sp³-hybridized carbons (Fsp3) is 0.909. The first-order chi connectivity index (χ1) is 6.38. The van der Waals surface area contributed by atoms with Gasteiger partial charge >= 0.3 is 5.97 Å². The molecule has 1 aliphatic heterocycles. The Morgan fingerprint density at radius 1 is 1.43 bits per heavy atom. The minimum atomic E-state index is -0.639. The van der Waals surface area contributed by atoms with E-state index in [4.69, 9.17) is 5.11 Å². The highest BCUT2D eigenvalue weighted by Gasteiger charge is 2.61. The summed E-state index contributed by atoms with van der Waals surface area (Å²) in [5.41, 5.74) is 0.323. The van der Waals surface area contributed by atoms with Crippen LogP contribution in [0.2, 0.25) is 0 Å². The van der Waals surface area contributed by atoms with Gasteiger partial charge in [0.1, 0.15) is 0 Å². The van der Waals surface area contributed by atoms with Crippen LogP contribution in [0, 0.1) is 22.7 Å². The summed E-state index contributed by atoms with van der Waals surface area (Å²) in [6.45, 7) is 8.10. The molecule has 1 saturated carbocycles. The van der Waals surface area contributed by atoms with Gasteiger partial charge in [-0.15, -0.1) is 0 Å². The van der Waals surface area contributed by atoms with Gasteiger partial charge < -0.3 is 10.4 Å². The van der Waals surface area contributed by atoms with Crippen LogP contribution in [0.15, 0.2) is 0 Å². The van der Waals surface area contributed by atoms with Crippen LogP contribution < -0.4 is 5.32 Å². The van der Waals surface area contributed by atoms with Crippen molar-refractivity contribution in [3.8, 4) is 0 Å². The summed E-state index contributed by atoms with van der Waals surface area (Å²) in [5, 5.41) is 12.4. The Labute approximate surface area is 84.9 Å². The van der Waals surface area contributed by atoms with Crippen LogP contribution in [-0.4, -0.2) is 24.2 Å². The van der Waals surface area contributed by atoms with Gasteiger partial charge in [0, 0.05) is 13.1 Å². The molecule has 14 heavy (non-hydrogen) atoms. The van der Waals surface area contributed by atoms with Crippen LogP contribution in [0.1, 0.15) is 27.2 Å². The predicted molar refractivity (Wildman–Crippen MR) is 54.0 cm³/mol. The average molecular weight is 197 g/mol. The Morgan fingerprint density at radius 3 is 2.43 bits per heavy atom. The molecule has 0 aromatic rings. The Morgan fingerprint density at radius 2 is 2.00 bits per heavy atom. The maximum absolute atomic E-state index is 11.1. The molecule has 3 heteroatoms. The molecule has 3 nitrogen and oxygen atoms in total. The molecule has 1 aliphatic carbocycles. The topological polar surface area (TPSA) is 49.3 Å². The van der Waals surface area contributed by atoms with E-state index in [1.54, 1.807) is 0 Å². The van der Waals surface area contributed by atoms with Gasteiger partial charge in [-0.2, -0.15) is 0 Å². The fourth-order valence-corrected chi connectivity index (χ4v) is 3.17. The molecule has 2 fully saturated rings. The highest BCUT2D eigenvalue weighted by atomic mass is 16.4. The van der Waals surface area contributed by atoms with E-state index in [1.807, 2.05) is 0 Å². The molecule has 0 amide bonds. The lowest BCUT2D eigenvalue weighted by Gasteiger charge is -2.29. The molecular weight excluding hydrogens is 178 g/mol. The second-order valence-electron chi connectivity index (χ2n) is 5.77. The quantitative estimate of drug-likeness (QED) is 0.702. The minimum absolute atomic E-state index is 0.0324. The normalized spacial score (nSPS) is 45.1. The molecule has 0 aromatic carbocycles. The summed E-state index contributed by atoms with van der Waals surface area (Å²) in [4.78, 5) is 11.1. The number of carboxylic acid groups (broad SMARTS) is 1. The maximum Gasteiger partial charge on any atom is 0.308 e. The lowest BCUT2D eigenvalue weighted by Crippen LogP contribution is -2.35. The molecule has 1 heterocycles. The van der Waals surface area contributed by atoms with E-state index in [0.29, 0.717) is 17.9 Å². The Bertz CT molecular complexity index is 274. The van der Waals surface area contributed by atoms with Crippen LogP contribution in [-0.2, 0) is 4.79 Å². The van der Waals surface area contributed by atoms with E-state index in [-0.39, 0.29) is 11.3 Å². The van der Waals surface area contributed by atoms with Crippen LogP contribution in [0.25, 0.3) is 0 Å².